The summed E-state index contributed by atoms with van der Waals surface area (Å²) in [5, 5.41) is 6.79. The Morgan fingerprint density at radius 2 is 1.61 bits per heavy atom. The number of nitrogens with one attached hydrogen (secondary N) is 2. The third-order valence-electron chi connectivity index (χ3n) is 4.63. The van der Waals surface area contributed by atoms with Gasteiger partial charge in [-0.2, -0.15) is 0 Å². The molecule has 0 radical (unpaired) electrons. The molecule has 0 saturated carbocycles. The monoisotopic (exact) mass is 392 g/mol. The van der Waals surface area contributed by atoms with Crippen LogP contribution in [0, 0.1) is 0 Å². The van der Waals surface area contributed by atoms with Crippen molar-refractivity contribution in [2.24, 2.45) is 4.99 Å². The molecule has 0 amide bonds. The van der Waals surface area contributed by atoms with Crippen molar-refractivity contribution in [1.82, 2.24) is 15.5 Å². The maximum atomic E-state index is 5.70. The Kier molecular flexibility index (Phi) is 12.9. The summed E-state index contributed by atoms with van der Waals surface area (Å²) in [5.41, 5.74) is 1.22. The molecule has 0 aromatic heterocycles. The zero-order chi connectivity index (χ0) is 20.6. The maximum Gasteiger partial charge on any atom is 0.190 e. The minimum Gasteiger partial charge on any atom is -0.490 e. The van der Waals surface area contributed by atoms with Crippen LogP contribution in [-0.4, -0.2) is 63.8 Å². The molecule has 0 atom stereocenters. The van der Waals surface area contributed by atoms with Gasteiger partial charge in [0.25, 0.3) is 0 Å². The molecule has 0 aliphatic carbocycles. The minimum atomic E-state index is 0.632. The lowest BCUT2D eigenvalue weighted by Crippen LogP contribution is -2.39. The Morgan fingerprint density at radius 3 is 2.25 bits per heavy atom. The molecule has 0 aliphatic heterocycles. The Labute approximate surface area is 171 Å². The molecule has 0 unspecified atom stereocenters. The minimum absolute atomic E-state index is 0.632. The first kappa shape index (κ1) is 24.1. The summed E-state index contributed by atoms with van der Waals surface area (Å²) < 4.78 is 11.3. The molecule has 160 valence electrons. The van der Waals surface area contributed by atoms with E-state index in [0.717, 1.165) is 56.5 Å². The highest BCUT2D eigenvalue weighted by Gasteiger charge is 2.06. The number of nitrogens with zero attached hydrogens (tertiary/aromatic N) is 2. The van der Waals surface area contributed by atoms with Gasteiger partial charge >= 0.3 is 0 Å². The molecule has 0 spiro atoms. The largest absolute Gasteiger partial charge is 0.490 e. The highest BCUT2D eigenvalue weighted by molar-refractivity contribution is 5.79. The van der Waals surface area contributed by atoms with Crippen LogP contribution in [0.1, 0.15) is 46.1 Å². The SMILES string of the molecule is CCOc1ccc(CCNC(=NC)NCCCCN(CC)CC)cc1OCC. The van der Waals surface area contributed by atoms with Gasteiger partial charge in [-0.05, 0) is 70.4 Å². The number of aliphatic imine (C=N–C) groups is 1. The standard InChI is InChI=1S/C22H40N4O2/c1-6-26(7-2)17-11-10-15-24-22(23-5)25-16-14-19-12-13-20(27-8-3)21(18-19)28-9-4/h12-13,18H,6-11,14-17H2,1-5H3,(H2,23,24,25). The van der Waals surface area contributed by atoms with Gasteiger partial charge in [0.15, 0.2) is 17.5 Å². The molecule has 0 aliphatic rings. The first-order chi connectivity index (χ1) is 13.7. The van der Waals surface area contributed by atoms with Crippen molar-refractivity contribution in [3.63, 3.8) is 0 Å². The first-order valence-electron chi connectivity index (χ1n) is 10.7. The average Bonchev–Trinajstić information content (AvgIpc) is 2.71. The molecule has 1 rings (SSSR count). The van der Waals surface area contributed by atoms with Crippen molar-refractivity contribution in [2.45, 2.75) is 47.0 Å². The Bertz CT molecular complexity index is 559. The van der Waals surface area contributed by atoms with Crippen molar-refractivity contribution in [2.75, 3.05) is 53.0 Å². The Balaban J connectivity index is 2.35. The zero-order valence-electron chi connectivity index (χ0n) is 18.5. The fraction of sp³-hybridized carbons (Fsp3) is 0.682. The van der Waals surface area contributed by atoms with Crippen molar-refractivity contribution in [1.29, 1.82) is 0 Å². The fourth-order valence-corrected chi connectivity index (χ4v) is 3.00. The lowest BCUT2D eigenvalue weighted by atomic mass is 10.1. The summed E-state index contributed by atoms with van der Waals surface area (Å²) in [6.07, 6.45) is 3.25. The summed E-state index contributed by atoms with van der Waals surface area (Å²) in [6.45, 7) is 14.9. The molecule has 1 aromatic rings. The van der Waals surface area contributed by atoms with Gasteiger partial charge in [-0.3, -0.25) is 4.99 Å². The average molecular weight is 393 g/mol. The van der Waals surface area contributed by atoms with E-state index in [1.807, 2.05) is 27.0 Å². The summed E-state index contributed by atoms with van der Waals surface area (Å²) in [5.74, 6) is 2.49. The molecule has 0 heterocycles. The lowest BCUT2D eigenvalue weighted by Gasteiger charge is -2.18. The predicted octanol–water partition coefficient (Wildman–Crippen LogP) is 3.31. The van der Waals surface area contributed by atoms with E-state index in [9.17, 15) is 0 Å². The van der Waals surface area contributed by atoms with E-state index in [2.05, 4.69) is 46.5 Å². The van der Waals surface area contributed by atoms with Crippen LogP contribution in [0.5, 0.6) is 11.5 Å². The Morgan fingerprint density at radius 1 is 0.929 bits per heavy atom. The molecule has 1 aromatic carbocycles. The summed E-state index contributed by atoms with van der Waals surface area (Å²) in [7, 11) is 1.81. The van der Waals surface area contributed by atoms with Crippen LogP contribution in [0.15, 0.2) is 23.2 Å². The molecule has 6 nitrogen and oxygen atoms in total. The number of guanidine groups is 1. The summed E-state index contributed by atoms with van der Waals surface area (Å²) in [4.78, 5) is 6.77. The van der Waals surface area contributed by atoms with Crippen LogP contribution in [0.3, 0.4) is 0 Å². The van der Waals surface area contributed by atoms with Gasteiger partial charge in [0.1, 0.15) is 0 Å². The van der Waals surface area contributed by atoms with E-state index < -0.39 is 0 Å². The third kappa shape index (κ3) is 9.31. The van der Waals surface area contributed by atoms with Crippen LogP contribution in [0.4, 0.5) is 0 Å². The fourth-order valence-electron chi connectivity index (χ4n) is 3.00. The molecule has 2 N–H and O–H groups in total. The second kappa shape index (κ2) is 15.0. The molecule has 0 bridgehead atoms. The Hall–Kier alpha value is -1.95. The normalized spacial score (nSPS) is 11.6. The van der Waals surface area contributed by atoms with E-state index in [0.29, 0.717) is 13.2 Å². The van der Waals surface area contributed by atoms with Crippen molar-refractivity contribution in [3.8, 4) is 11.5 Å². The number of hydrogen-bond donors (Lipinski definition) is 2. The van der Waals surface area contributed by atoms with Crippen molar-refractivity contribution in [3.05, 3.63) is 23.8 Å². The summed E-state index contributed by atoms with van der Waals surface area (Å²) >= 11 is 0. The topological polar surface area (TPSA) is 58.1 Å². The lowest BCUT2D eigenvalue weighted by molar-refractivity contribution is 0.287. The predicted molar refractivity (Wildman–Crippen MR) is 119 cm³/mol. The number of unbranched alkanes of at least 4 members (excludes halogenated alkanes) is 1. The first-order valence-corrected chi connectivity index (χ1v) is 10.7. The smallest absolute Gasteiger partial charge is 0.190 e. The van der Waals surface area contributed by atoms with E-state index in [-0.39, 0.29) is 0 Å². The second-order valence-corrected chi connectivity index (χ2v) is 6.56. The van der Waals surface area contributed by atoms with Crippen LogP contribution in [-0.2, 0) is 6.42 Å². The van der Waals surface area contributed by atoms with E-state index in [1.54, 1.807) is 0 Å². The highest BCUT2D eigenvalue weighted by atomic mass is 16.5. The van der Waals surface area contributed by atoms with Crippen molar-refractivity contribution >= 4 is 5.96 Å². The van der Waals surface area contributed by atoms with Crippen molar-refractivity contribution < 1.29 is 9.47 Å². The quantitative estimate of drug-likeness (QED) is 0.289. The van der Waals surface area contributed by atoms with E-state index in [4.69, 9.17) is 9.47 Å². The van der Waals surface area contributed by atoms with Crippen LogP contribution in [0.2, 0.25) is 0 Å². The van der Waals surface area contributed by atoms with E-state index >= 15 is 0 Å². The molecule has 6 heteroatoms. The molecule has 28 heavy (non-hydrogen) atoms. The van der Waals surface area contributed by atoms with Gasteiger partial charge in [0.2, 0.25) is 0 Å². The molecule has 0 saturated heterocycles. The highest BCUT2D eigenvalue weighted by Crippen LogP contribution is 2.28. The maximum absolute atomic E-state index is 5.70. The van der Waals surface area contributed by atoms with Crippen LogP contribution in [0.25, 0.3) is 0 Å². The van der Waals surface area contributed by atoms with Gasteiger partial charge in [0, 0.05) is 20.1 Å². The molecule has 0 fully saturated rings. The van der Waals surface area contributed by atoms with Gasteiger partial charge in [-0.15, -0.1) is 0 Å². The van der Waals surface area contributed by atoms with E-state index in [1.165, 1.54) is 18.5 Å². The van der Waals surface area contributed by atoms with Crippen LogP contribution >= 0.6 is 0 Å². The van der Waals surface area contributed by atoms with Gasteiger partial charge in [-0.25, -0.2) is 0 Å². The van der Waals surface area contributed by atoms with Gasteiger partial charge in [-0.1, -0.05) is 19.9 Å². The second-order valence-electron chi connectivity index (χ2n) is 6.56. The molecular weight excluding hydrogens is 352 g/mol. The number of hydrogen-bond acceptors (Lipinski definition) is 4. The van der Waals surface area contributed by atoms with Gasteiger partial charge in [0.05, 0.1) is 13.2 Å². The molecular formula is C22H40N4O2. The van der Waals surface area contributed by atoms with Crippen LogP contribution < -0.4 is 20.1 Å². The number of ether oxygens (including phenoxy) is 2. The third-order valence-corrected chi connectivity index (χ3v) is 4.63. The number of rotatable bonds is 14. The number of benzene rings is 1. The zero-order valence-corrected chi connectivity index (χ0v) is 18.5. The summed E-state index contributed by atoms with van der Waals surface area (Å²) in [6, 6.07) is 6.16. The van der Waals surface area contributed by atoms with Gasteiger partial charge < -0.3 is 25.0 Å².